The minimum absolute atomic E-state index is 0.237. The van der Waals surface area contributed by atoms with Gasteiger partial charge >= 0.3 is 5.88 Å². The third-order valence-corrected chi connectivity index (χ3v) is 2.25. The predicted molar refractivity (Wildman–Crippen MR) is 76.5 cm³/mol. The van der Waals surface area contributed by atoms with Gasteiger partial charge in [-0.3, -0.25) is 15.5 Å². The number of furan rings is 1. The Labute approximate surface area is 118 Å². The van der Waals surface area contributed by atoms with Crippen LogP contribution in [-0.2, 0) is 0 Å². The van der Waals surface area contributed by atoms with Gasteiger partial charge in [0, 0.05) is 6.20 Å². The van der Waals surface area contributed by atoms with Gasteiger partial charge in [-0.15, -0.1) is 0 Å². The lowest BCUT2D eigenvalue weighted by molar-refractivity contribution is -0.402. The molecule has 0 amide bonds. The quantitative estimate of drug-likeness (QED) is 0.383. The highest BCUT2D eigenvalue weighted by molar-refractivity contribution is 7.80. The standard InChI is InChI=1S/C11H9N5O3S/c17-16(18)10-5-4-8(19-10)7-13-15-11(20)14-9-3-1-2-6-12-9/h1-7H,(H2,12,14,15,20)/b13-7+. The van der Waals surface area contributed by atoms with Crippen LogP contribution in [0.4, 0.5) is 11.7 Å². The number of hydrazone groups is 1. The van der Waals surface area contributed by atoms with E-state index in [0.717, 1.165) is 0 Å². The Morgan fingerprint density at radius 3 is 2.95 bits per heavy atom. The monoisotopic (exact) mass is 291 g/mol. The number of thiocarbonyl (C=S) groups is 1. The fourth-order valence-corrected chi connectivity index (χ4v) is 1.40. The van der Waals surface area contributed by atoms with Gasteiger partial charge in [0.1, 0.15) is 10.7 Å². The van der Waals surface area contributed by atoms with Crippen molar-refractivity contribution in [2.45, 2.75) is 0 Å². The van der Waals surface area contributed by atoms with Crippen LogP contribution in [-0.4, -0.2) is 21.2 Å². The van der Waals surface area contributed by atoms with Crippen molar-refractivity contribution < 1.29 is 9.34 Å². The van der Waals surface area contributed by atoms with Crippen LogP contribution in [0, 0.1) is 10.1 Å². The van der Waals surface area contributed by atoms with E-state index in [0.29, 0.717) is 5.82 Å². The van der Waals surface area contributed by atoms with Gasteiger partial charge < -0.3 is 9.73 Å². The lowest BCUT2D eigenvalue weighted by Crippen LogP contribution is -2.24. The molecule has 0 bridgehead atoms. The van der Waals surface area contributed by atoms with Crippen molar-refractivity contribution in [2.75, 3.05) is 5.32 Å². The van der Waals surface area contributed by atoms with Crippen molar-refractivity contribution in [3.63, 3.8) is 0 Å². The van der Waals surface area contributed by atoms with Crippen molar-refractivity contribution in [1.29, 1.82) is 0 Å². The molecule has 102 valence electrons. The number of aromatic nitrogens is 1. The Kier molecular flexibility index (Phi) is 4.35. The van der Waals surface area contributed by atoms with E-state index in [1.807, 2.05) is 6.07 Å². The maximum atomic E-state index is 10.4. The highest BCUT2D eigenvalue weighted by Gasteiger charge is 2.10. The van der Waals surface area contributed by atoms with E-state index in [4.69, 9.17) is 16.6 Å². The third kappa shape index (κ3) is 3.85. The van der Waals surface area contributed by atoms with Crippen LogP contribution in [0.15, 0.2) is 46.0 Å². The average molecular weight is 291 g/mol. The summed E-state index contributed by atoms with van der Waals surface area (Å²) in [5, 5.41) is 17.2. The first-order valence-corrected chi connectivity index (χ1v) is 5.81. The first-order chi connectivity index (χ1) is 9.65. The van der Waals surface area contributed by atoms with Gasteiger partial charge in [0.25, 0.3) is 0 Å². The Bertz CT molecular complexity index is 641. The lowest BCUT2D eigenvalue weighted by atomic mass is 10.5. The van der Waals surface area contributed by atoms with E-state index in [-0.39, 0.29) is 16.8 Å². The first kappa shape index (κ1) is 13.6. The third-order valence-electron chi connectivity index (χ3n) is 2.06. The van der Waals surface area contributed by atoms with Gasteiger partial charge in [-0.1, -0.05) is 6.07 Å². The van der Waals surface area contributed by atoms with Crippen molar-refractivity contribution in [3.05, 3.63) is 52.4 Å². The Balaban J connectivity index is 1.86. The Hall–Kier alpha value is -2.81. The average Bonchev–Trinajstić information content (AvgIpc) is 2.89. The van der Waals surface area contributed by atoms with Gasteiger partial charge in [-0.05, 0) is 30.4 Å². The number of nitro groups is 1. The molecule has 2 N–H and O–H groups in total. The number of hydrogen-bond donors (Lipinski definition) is 2. The van der Waals surface area contributed by atoms with Gasteiger partial charge in [0.05, 0.1) is 12.3 Å². The van der Waals surface area contributed by atoms with E-state index in [9.17, 15) is 10.1 Å². The normalized spacial score (nSPS) is 10.4. The number of hydrogen-bond acceptors (Lipinski definition) is 6. The zero-order valence-electron chi connectivity index (χ0n) is 10.0. The molecule has 0 saturated carbocycles. The Morgan fingerprint density at radius 2 is 2.30 bits per heavy atom. The summed E-state index contributed by atoms with van der Waals surface area (Å²) in [6.07, 6.45) is 2.90. The molecule has 0 spiro atoms. The fourth-order valence-electron chi connectivity index (χ4n) is 1.25. The molecule has 0 saturated heterocycles. The van der Waals surface area contributed by atoms with Crippen LogP contribution in [0.3, 0.4) is 0 Å². The lowest BCUT2D eigenvalue weighted by Gasteiger charge is -2.04. The van der Waals surface area contributed by atoms with Crippen LogP contribution in [0.2, 0.25) is 0 Å². The molecule has 0 aromatic carbocycles. The van der Waals surface area contributed by atoms with E-state index in [1.165, 1.54) is 18.3 Å². The van der Waals surface area contributed by atoms with E-state index in [2.05, 4.69) is 20.8 Å². The zero-order valence-corrected chi connectivity index (χ0v) is 10.8. The number of rotatable bonds is 4. The van der Waals surface area contributed by atoms with Crippen molar-refractivity contribution in [3.8, 4) is 0 Å². The summed E-state index contributed by atoms with van der Waals surface area (Å²) in [7, 11) is 0. The maximum Gasteiger partial charge on any atom is 0.433 e. The summed E-state index contributed by atoms with van der Waals surface area (Å²) >= 11 is 4.98. The topological polar surface area (TPSA) is 106 Å². The van der Waals surface area contributed by atoms with Crippen molar-refractivity contribution >= 4 is 35.2 Å². The molecule has 9 heteroatoms. The minimum Gasteiger partial charge on any atom is -0.400 e. The molecule has 2 rings (SSSR count). The van der Waals surface area contributed by atoms with Gasteiger partial charge in [0.15, 0.2) is 10.9 Å². The number of anilines is 1. The highest BCUT2D eigenvalue weighted by atomic mass is 32.1. The SMILES string of the molecule is O=[N+]([O-])c1ccc(/C=N/NC(=S)Nc2ccccn2)o1. The predicted octanol–water partition coefficient (Wildman–Crippen LogP) is 1.90. The van der Waals surface area contributed by atoms with Crippen molar-refractivity contribution in [2.24, 2.45) is 5.10 Å². The largest absolute Gasteiger partial charge is 0.433 e. The van der Waals surface area contributed by atoms with Crippen LogP contribution in [0.25, 0.3) is 0 Å². The fraction of sp³-hybridized carbons (Fsp3) is 0. The Morgan fingerprint density at radius 1 is 1.45 bits per heavy atom. The molecule has 0 aliphatic heterocycles. The van der Waals surface area contributed by atoms with E-state index < -0.39 is 4.92 Å². The van der Waals surface area contributed by atoms with E-state index >= 15 is 0 Å². The number of pyridine rings is 1. The van der Waals surface area contributed by atoms with E-state index in [1.54, 1.807) is 18.3 Å². The molecular weight excluding hydrogens is 282 g/mol. The molecular formula is C11H9N5O3S. The molecule has 20 heavy (non-hydrogen) atoms. The second kappa shape index (κ2) is 6.38. The summed E-state index contributed by atoms with van der Waals surface area (Å²) in [5.41, 5.74) is 2.54. The summed E-state index contributed by atoms with van der Waals surface area (Å²) in [4.78, 5) is 13.8. The molecule has 0 atom stereocenters. The molecule has 0 aliphatic carbocycles. The molecule has 2 heterocycles. The molecule has 0 unspecified atom stereocenters. The summed E-state index contributed by atoms with van der Waals surface area (Å²) in [6.45, 7) is 0. The van der Waals surface area contributed by atoms with Gasteiger partial charge in [-0.2, -0.15) is 5.10 Å². The van der Waals surface area contributed by atoms with Crippen LogP contribution >= 0.6 is 12.2 Å². The number of nitrogens with zero attached hydrogens (tertiary/aromatic N) is 3. The maximum absolute atomic E-state index is 10.4. The van der Waals surface area contributed by atoms with Gasteiger partial charge in [0.2, 0.25) is 0 Å². The molecule has 0 fully saturated rings. The molecule has 8 nitrogen and oxygen atoms in total. The summed E-state index contributed by atoms with van der Waals surface area (Å²) in [5.74, 6) is 0.472. The van der Waals surface area contributed by atoms with Crippen LogP contribution < -0.4 is 10.7 Å². The summed E-state index contributed by atoms with van der Waals surface area (Å²) in [6, 6.07) is 8.00. The first-order valence-electron chi connectivity index (χ1n) is 5.40. The molecule has 2 aromatic heterocycles. The summed E-state index contributed by atoms with van der Waals surface area (Å²) < 4.78 is 4.88. The molecule has 2 aromatic rings. The zero-order chi connectivity index (χ0) is 14.4. The van der Waals surface area contributed by atoms with Crippen LogP contribution in [0.5, 0.6) is 0 Å². The van der Waals surface area contributed by atoms with Crippen LogP contribution in [0.1, 0.15) is 5.76 Å². The smallest absolute Gasteiger partial charge is 0.400 e. The second-order valence-electron chi connectivity index (χ2n) is 3.47. The van der Waals surface area contributed by atoms with Crippen molar-refractivity contribution in [1.82, 2.24) is 10.4 Å². The van der Waals surface area contributed by atoms with Gasteiger partial charge in [-0.25, -0.2) is 4.98 Å². The number of nitrogens with one attached hydrogen (secondary N) is 2. The molecule has 0 radical (unpaired) electrons. The molecule has 0 aliphatic rings. The minimum atomic E-state index is -0.627. The highest BCUT2D eigenvalue weighted by Crippen LogP contribution is 2.13. The second-order valence-corrected chi connectivity index (χ2v) is 3.88.